The van der Waals surface area contributed by atoms with Crippen molar-refractivity contribution in [3.63, 3.8) is 0 Å². The zero-order valence-corrected chi connectivity index (χ0v) is 11.7. The molecule has 0 heterocycles. The van der Waals surface area contributed by atoms with Gasteiger partial charge in [-0.3, -0.25) is 4.79 Å². The van der Waals surface area contributed by atoms with Crippen molar-refractivity contribution in [3.05, 3.63) is 29.6 Å². The van der Waals surface area contributed by atoms with Gasteiger partial charge in [-0.05, 0) is 49.3 Å². The summed E-state index contributed by atoms with van der Waals surface area (Å²) in [6.07, 6.45) is 4.45. The first-order chi connectivity index (χ1) is 10.2. The molecule has 21 heavy (non-hydrogen) atoms. The third-order valence-electron chi connectivity index (χ3n) is 4.61. The maximum absolute atomic E-state index is 14.0. The Morgan fingerprint density at radius 3 is 2.86 bits per heavy atom. The van der Waals surface area contributed by atoms with E-state index >= 15 is 0 Å². The van der Waals surface area contributed by atoms with Gasteiger partial charge < -0.3 is 10.4 Å². The minimum atomic E-state index is -0.490. The number of hydrogen-bond acceptors (Lipinski definition) is 2. The molecule has 3 atom stereocenters. The van der Waals surface area contributed by atoms with Gasteiger partial charge in [0, 0.05) is 11.5 Å². The molecule has 0 spiro atoms. The highest BCUT2D eigenvalue weighted by molar-refractivity contribution is 5.93. The number of rotatable bonds is 2. The summed E-state index contributed by atoms with van der Waals surface area (Å²) in [5.74, 6) is 5.76. The smallest absolute Gasteiger partial charge is 0.227 e. The van der Waals surface area contributed by atoms with Crippen LogP contribution in [0, 0.1) is 35.4 Å². The van der Waals surface area contributed by atoms with Gasteiger partial charge in [-0.25, -0.2) is 4.39 Å². The van der Waals surface area contributed by atoms with E-state index in [2.05, 4.69) is 17.2 Å². The predicted octanol–water partition coefficient (Wildman–Crippen LogP) is 2.54. The Morgan fingerprint density at radius 1 is 1.38 bits per heavy atom. The molecule has 0 saturated heterocycles. The summed E-state index contributed by atoms with van der Waals surface area (Å²) in [7, 11) is 0. The van der Waals surface area contributed by atoms with Crippen molar-refractivity contribution in [1.29, 1.82) is 0 Å². The lowest BCUT2D eigenvalue weighted by Gasteiger charge is -2.20. The summed E-state index contributed by atoms with van der Waals surface area (Å²) in [5.41, 5.74) is 0.691. The topological polar surface area (TPSA) is 49.3 Å². The van der Waals surface area contributed by atoms with E-state index in [1.54, 1.807) is 6.07 Å². The maximum Gasteiger partial charge on any atom is 0.227 e. The number of fused-ring (bicyclic) bond motifs is 2. The van der Waals surface area contributed by atoms with Crippen LogP contribution in [-0.4, -0.2) is 17.6 Å². The third kappa shape index (κ3) is 2.93. The molecule has 4 heteroatoms. The summed E-state index contributed by atoms with van der Waals surface area (Å²) in [4.78, 5) is 12.3. The average molecular weight is 287 g/mol. The highest BCUT2D eigenvalue weighted by Crippen LogP contribution is 2.48. The van der Waals surface area contributed by atoms with Crippen molar-refractivity contribution < 1.29 is 14.3 Å². The molecular weight excluding hydrogens is 269 g/mol. The molecule has 2 saturated carbocycles. The van der Waals surface area contributed by atoms with E-state index in [9.17, 15) is 9.18 Å². The molecule has 2 bridgehead atoms. The van der Waals surface area contributed by atoms with Gasteiger partial charge in [0.25, 0.3) is 0 Å². The molecule has 1 aromatic carbocycles. The Labute approximate surface area is 123 Å². The number of hydrogen-bond donors (Lipinski definition) is 2. The zero-order valence-electron chi connectivity index (χ0n) is 11.7. The van der Waals surface area contributed by atoms with Gasteiger partial charge in [-0.1, -0.05) is 18.3 Å². The molecule has 3 unspecified atom stereocenters. The van der Waals surface area contributed by atoms with Crippen molar-refractivity contribution in [2.75, 3.05) is 11.9 Å². The fraction of sp³-hybridized carbons (Fsp3) is 0.471. The molecule has 2 aliphatic rings. The van der Waals surface area contributed by atoms with Crippen LogP contribution in [0.3, 0.4) is 0 Å². The summed E-state index contributed by atoms with van der Waals surface area (Å²) in [5, 5.41) is 11.3. The predicted molar refractivity (Wildman–Crippen MR) is 77.9 cm³/mol. The standard InChI is InChI=1S/C17H18FNO2/c18-15-10-11(2-1-7-20)4-6-16(15)19-17(21)14-9-12-3-5-13(14)8-12/h4,6,10,12-14,20H,3,5,7-9H2,(H,19,21). The van der Waals surface area contributed by atoms with E-state index in [4.69, 9.17) is 5.11 Å². The van der Waals surface area contributed by atoms with Crippen molar-refractivity contribution in [2.24, 2.45) is 17.8 Å². The Balaban J connectivity index is 1.68. The molecule has 3 rings (SSSR count). The second-order valence-electron chi connectivity index (χ2n) is 5.93. The third-order valence-corrected chi connectivity index (χ3v) is 4.61. The Morgan fingerprint density at radius 2 is 2.24 bits per heavy atom. The molecule has 110 valence electrons. The van der Waals surface area contributed by atoms with Gasteiger partial charge in [-0.15, -0.1) is 0 Å². The quantitative estimate of drug-likeness (QED) is 0.821. The normalized spacial score (nSPS) is 26.3. The summed E-state index contributed by atoms with van der Waals surface area (Å²) >= 11 is 0. The number of halogens is 1. The van der Waals surface area contributed by atoms with Crippen LogP contribution < -0.4 is 5.32 Å². The van der Waals surface area contributed by atoms with Gasteiger partial charge in [0.1, 0.15) is 12.4 Å². The Hall–Kier alpha value is -1.86. The molecule has 2 N–H and O–H groups in total. The first-order valence-electron chi connectivity index (χ1n) is 7.37. The van der Waals surface area contributed by atoms with Gasteiger partial charge in [-0.2, -0.15) is 0 Å². The molecule has 2 aliphatic carbocycles. The number of anilines is 1. The number of nitrogens with one attached hydrogen (secondary N) is 1. The molecule has 1 amide bonds. The zero-order chi connectivity index (χ0) is 14.8. The van der Waals surface area contributed by atoms with Crippen LogP contribution in [0.15, 0.2) is 18.2 Å². The minimum absolute atomic E-state index is 0.0389. The minimum Gasteiger partial charge on any atom is -0.384 e. The van der Waals surface area contributed by atoms with Crippen molar-refractivity contribution in [2.45, 2.75) is 25.7 Å². The van der Waals surface area contributed by atoms with Crippen LogP contribution in [0.4, 0.5) is 10.1 Å². The first kappa shape index (κ1) is 14.1. The monoisotopic (exact) mass is 287 g/mol. The lowest BCUT2D eigenvalue weighted by atomic mass is 9.88. The summed E-state index contributed by atoms with van der Waals surface area (Å²) in [6, 6.07) is 4.45. The van der Waals surface area contributed by atoms with Crippen molar-refractivity contribution in [1.82, 2.24) is 0 Å². The van der Waals surface area contributed by atoms with Crippen molar-refractivity contribution >= 4 is 11.6 Å². The van der Waals surface area contributed by atoms with E-state index in [0.29, 0.717) is 17.4 Å². The SMILES string of the molecule is O=C(Nc1ccc(C#CCO)cc1F)C1CC2CCC1C2. The summed E-state index contributed by atoms with van der Waals surface area (Å²) < 4.78 is 14.0. The van der Waals surface area contributed by atoms with Crippen LogP contribution >= 0.6 is 0 Å². The largest absolute Gasteiger partial charge is 0.384 e. The van der Waals surface area contributed by atoms with Crippen LogP contribution in [-0.2, 0) is 4.79 Å². The van der Waals surface area contributed by atoms with Crippen LogP contribution in [0.2, 0.25) is 0 Å². The summed E-state index contributed by atoms with van der Waals surface area (Å²) in [6.45, 7) is -0.260. The average Bonchev–Trinajstić information content (AvgIpc) is 3.10. The molecular formula is C17H18FNO2. The molecule has 0 radical (unpaired) electrons. The van der Waals surface area contributed by atoms with E-state index in [0.717, 1.165) is 19.3 Å². The van der Waals surface area contributed by atoms with E-state index in [1.807, 2.05) is 0 Å². The van der Waals surface area contributed by atoms with Crippen LogP contribution in [0.5, 0.6) is 0 Å². The second-order valence-corrected chi connectivity index (χ2v) is 5.93. The number of aliphatic hydroxyl groups excluding tert-OH is 1. The molecule has 0 aliphatic heterocycles. The number of carbonyl (C=O) groups is 1. The Kier molecular flexibility index (Phi) is 3.94. The first-order valence-corrected chi connectivity index (χ1v) is 7.37. The number of benzene rings is 1. The molecule has 0 aromatic heterocycles. The van der Waals surface area contributed by atoms with Crippen LogP contribution in [0.25, 0.3) is 0 Å². The fourth-order valence-electron chi connectivity index (χ4n) is 3.63. The maximum atomic E-state index is 14.0. The van der Waals surface area contributed by atoms with Gasteiger partial charge in [0.2, 0.25) is 5.91 Å². The number of aliphatic hydroxyl groups is 1. The van der Waals surface area contributed by atoms with E-state index < -0.39 is 5.82 Å². The van der Waals surface area contributed by atoms with E-state index in [1.165, 1.54) is 18.6 Å². The molecule has 3 nitrogen and oxygen atoms in total. The number of carbonyl (C=O) groups excluding carboxylic acids is 1. The Bertz CT molecular complexity index is 617. The van der Waals surface area contributed by atoms with Crippen molar-refractivity contribution in [3.8, 4) is 11.8 Å². The van der Waals surface area contributed by atoms with E-state index in [-0.39, 0.29) is 24.1 Å². The van der Waals surface area contributed by atoms with Gasteiger partial charge in [0.05, 0.1) is 5.69 Å². The lowest BCUT2D eigenvalue weighted by molar-refractivity contribution is -0.121. The highest BCUT2D eigenvalue weighted by Gasteiger charge is 2.43. The van der Waals surface area contributed by atoms with Crippen LogP contribution in [0.1, 0.15) is 31.2 Å². The lowest BCUT2D eigenvalue weighted by Crippen LogP contribution is -2.27. The molecule has 1 aromatic rings. The fourth-order valence-corrected chi connectivity index (χ4v) is 3.63. The van der Waals surface area contributed by atoms with Gasteiger partial charge in [0.15, 0.2) is 0 Å². The highest BCUT2D eigenvalue weighted by atomic mass is 19.1. The number of amides is 1. The second kappa shape index (κ2) is 5.87. The molecule has 2 fully saturated rings. The van der Waals surface area contributed by atoms with Gasteiger partial charge >= 0.3 is 0 Å².